The van der Waals surface area contributed by atoms with Gasteiger partial charge in [-0.05, 0) is 43.1 Å². The van der Waals surface area contributed by atoms with E-state index in [0.717, 1.165) is 23.9 Å². The van der Waals surface area contributed by atoms with Crippen molar-refractivity contribution in [3.05, 3.63) is 40.3 Å². The van der Waals surface area contributed by atoms with Crippen molar-refractivity contribution in [2.24, 2.45) is 5.73 Å². The number of methoxy groups -OCH3 is 1. The van der Waals surface area contributed by atoms with Crippen molar-refractivity contribution < 1.29 is 14.3 Å². The van der Waals surface area contributed by atoms with Gasteiger partial charge in [-0.1, -0.05) is 17.5 Å². The minimum Gasteiger partial charge on any atom is -0.383 e. The molecule has 0 bridgehead atoms. The van der Waals surface area contributed by atoms with Crippen LogP contribution in [0.4, 0.5) is 5.82 Å². The highest BCUT2D eigenvalue weighted by molar-refractivity contribution is 7.80. The van der Waals surface area contributed by atoms with E-state index in [-0.39, 0.29) is 29.2 Å². The molecule has 2 aliphatic rings. The summed E-state index contributed by atoms with van der Waals surface area (Å²) in [6.07, 6.45) is 5.07. The molecule has 0 spiro atoms. The number of nitrogens with zero attached hydrogens (tertiary/aromatic N) is 5. The van der Waals surface area contributed by atoms with E-state index in [1.165, 1.54) is 0 Å². The number of carbonyl (C=O) groups is 2. The van der Waals surface area contributed by atoms with Crippen molar-refractivity contribution in [3.63, 3.8) is 0 Å². The van der Waals surface area contributed by atoms with Crippen LogP contribution in [0.2, 0.25) is 5.02 Å². The third-order valence-electron chi connectivity index (χ3n) is 7.06. The Hall–Kier alpha value is -3.20. The first-order valence-electron chi connectivity index (χ1n) is 12.5. The van der Waals surface area contributed by atoms with Crippen LogP contribution in [-0.4, -0.2) is 75.1 Å². The van der Waals surface area contributed by atoms with E-state index in [1.54, 1.807) is 23.7 Å². The molecule has 2 amide bonds. The van der Waals surface area contributed by atoms with E-state index in [4.69, 9.17) is 22.1 Å². The lowest BCUT2D eigenvalue weighted by Gasteiger charge is -2.23. The second kappa shape index (κ2) is 10.9. The molecule has 5 rings (SSSR count). The second-order valence-corrected chi connectivity index (χ2v) is 10.5. The van der Waals surface area contributed by atoms with Gasteiger partial charge >= 0.3 is 0 Å². The lowest BCUT2D eigenvalue weighted by atomic mass is 10.1. The van der Waals surface area contributed by atoms with Crippen LogP contribution >= 0.6 is 24.2 Å². The number of thiol groups is 1. The highest BCUT2D eigenvalue weighted by atomic mass is 35.5. The van der Waals surface area contributed by atoms with Crippen molar-refractivity contribution >= 4 is 52.9 Å². The van der Waals surface area contributed by atoms with E-state index in [1.807, 2.05) is 18.5 Å². The van der Waals surface area contributed by atoms with Crippen LogP contribution in [-0.2, 0) is 9.53 Å². The minimum absolute atomic E-state index is 0.00650. The van der Waals surface area contributed by atoms with Gasteiger partial charge < -0.3 is 25.3 Å². The normalized spacial score (nSPS) is 19.0. The van der Waals surface area contributed by atoms with Crippen molar-refractivity contribution in [1.29, 1.82) is 0 Å². The molecule has 2 aromatic heterocycles. The van der Waals surface area contributed by atoms with Crippen molar-refractivity contribution in [3.8, 4) is 11.8 Å². The predicted octanol–water partition coefficient (Wildman–Crippen LogP) is 2.87. The number of rotatable bonds is 8. The largest absolute Gasteiger partial charge is 0.383 e. The molecule has 12 heteroatoms. The van der Waals surface area contributed by atoms with Crippen LogP contribution in [0.15, 0.2) is 18.5 Å². The van der Waals surface area contributed by atoms with Crippen LogP contribution in [0.3, 0.4) is 0 Å². The monoisotopic (exact) mass is 555 g/mol. The topological polar surface area (TPSA) is 120 Å². The molecule has 200 valence electrons. The molecule has 1 aliphatic heterocycles. The van der Waals surface area contributed by atoms with Gasteiger partial charge in [-0.3, -0.25) is 9.59 Å². The number of halogens is 1. The molecule has 0 unspecified atom stereocenters. The molecular weight excluding hydrogens is 526 g/mol. The Morgan fingerprint density at radius 1 is 1.29 bits per heavy atom. The van der Waals surface area contributed by atoms with Gasteiger partial charge in [0.1, 0.15) is 11.4 Å². The smallest absolute Gasteiger partial charge is 0.255 e. The Bertz CT molecular complexity index is 1450. The summed E-state index contributed by atoms with van der Waals surface area (Å²) < 4.78 is 9.22. The van der Waals surface area contributed by atoms with Crippen LogP contribution in [0, 0.1) is 11.8 Å². The van der Waals surface area contributed by atoms with Gasteiger partial charge in [-0.15, -0.1) is 0 Å². The molecule has 10 nitrogen and oxygen atoms in total. The zero-order valence-electron chi connectivity index (χ0n) is 21.3. The summed E-state index contributed by atoms with van der Waals surface area (Å²) in [7, 11) is 3.31. The van der Waals surface area contributed by atoms with Crippen molar-refractivity contribution in [2.45, 2.75) is 43.8 Å². The minimum atomic E-state index is -0.649. The highest BCUT2D eigenvalue weighted by Crippen LogP contribution is 2.38. The average molecular weight is 556 g/mol. The van der Waals surface area contributed by atoms with Crippen LogP contribution in [0.25, 0.3) is 11.0 Å². The van der Waals surface area contributed by atoms with Gasteiger partial charge in [-0.2, -0.15) is 17.7 Å². The zero-order chi connectivity index (χ0) is 27.0. The molecule has 1 saturated heterocycles. The Balaban J connectivity index is 1.50. The molecule has 3 heterocycles. The maximum absolute atomic E-state index is 12.7. The number of ether oxygens (including phenoxy) is 1. The number of fused-ring (bicyclic) bond motifs is 1. The molecule has 1 saturated carbocycles. The fourth-order valence-electron chi connectivity index (χ4n) is 5.14. The third kappa shape index (κ3) is 4.96. The van der Waals surface area contributed by atoms with E-state index in [2.05, 4.69) is 44.4 Å². The number of amides is 2. The lowest BCUT2D eigenvalue weighted by molar-refractivity contribution is -0.132. The molecule has 3 aromatic rings. The number of nitrogens with two attached hydrogens (primary N) is 1. The first-order valence-corrected chi connectivity index (χ1v) is 13.5. The number of primary amides is 1. The number of hydrogen-bond acceptors (Lipinski definition) is 7. The van der Waals surface area contributed by atoms with Crippen molar-refractivity contribution in [2.75, 3.05) is 38.4 Å². The Labute approximate surface area is 231 Å². The molecule has 0 radical (unpaired) electrons. The highest BCUT2D eigenvalue weighted by Gasteiger charge is 2.38. The fourth-order valence-corrected chi connectivity index (χ4v) is 5.53. The number of carbonyl (C=O) groups excluding carboxylic acids is 2. The standard InChI is InChI=1S/C26H30ClN7O3S/c1-29-26-24(25(28)36)20(31-34(26)17-10-18(13-37-2)32(12-17)23(35)7-8-38)6-3-15-9-21-22(11-19(15)27)33(14-30-21)16-4-5-16/h9,11,14,16-18,29,38H,4-5,7-8,10,12-13H2,1-2H3,(H2,28,36)/t17-,18+/m0/s1. The van der Waals surface area contributed by atoms with Crippen molar-refractivity contribution in [1.82, 2.24) is 24.2 Å². The molecule has 1 aromatic carbocycles. The number of likely N-dealkylation sites (tertiary alicyclic amines) is 1. The summed E-state index contributed by atoms with van der Waals surface area (Å²) in [5, 5.41) is 8.24. The summed E-state index contributed by atoms with van der Waals surface area (Å²) in [6.45, 7) is 0.825. The number of hydrogen-bond donors (Lipinski definition) is 3. The van der Waals surface area contributed by atoms with Gasteiger partial charge in [0, 0.05) is 38.7 Å². The maximum Gasteiger partial charge on any atom is 0.255 e. The summed E-state index contributed by atoms with van der Waals surface area (Å²) in [5.74, 6) is 6.35. The number of anilines is 1. The van der Waals surface area contributed by atoms with Gasteiger partial charge in [0.25, 0.3) is 5.91 Å². The SMILES string of the molecule is CNc1c(C(N)=O)c(C#Cc2cc3ncn(C4CC4)c3cc2Cl)nn1[C@H]1C[C@H](COC)N(C(=O)CCS)C1. The Morgan fingerprint density at radius 2 is 2.08 bits per heavy atom. The van der Waals surface area contributed by atoms with Gasteiger partial charge in [0.05, 0.1) is 41.1 Å². The number of aromatic nitrogens is 4. The quantitative estimate of drug-likeness (QED) is 0.290. The average Bonchev–Trinajstić information content (AvgIpc) is 3.34. The van der Waals surface area contributed by atoms with E-state index >= 15 is 0 Å². The van der Waals surface area contributed by atoms with Crippen LogP contribution in [0.1, 0.15) is 59.4 Å². The number of nitrogens with one attached hydrogen (secondary N) is 1. The molecule has 1 aliphatic carbocycles. The second-order valence-electron chi connectivity index (χ2n) is 9.60. The molecule has 38 heavy (non-hydrogen) atoms. The Kier molecular flexibility index (Phi) is 7.56. The number of benzene rings is 1. The first-order chi connectivity index (χ1) is 18.4. The fraction of sp³-hybridized carbons (Fsp3) is 0.462. The lowest BCUT2D eigenvalue weighted by Crippen LogP contribution is -2.38. The van der Waals surface area contributed by atoms with Gasteiger partial charge in [0.15, 0.2) is 5.69 Å². The van der Waals surface area contributed by atoms with Gasteiger partial charge in [-0.25, -0.2) is 9.67 Å². The first kappa shape index (κ1) is 26.4. The van der Waals surface area contributed by atoms with E-state index in [9.17, 15) is 9.59 Å². The third-order valence-corrected chi connectivity index (χ3v) is 7.59. The zero-order valence-corrected chi connectivity index (χ0v) is 22.9. The molecule has 2 atom stereocenters. The predicted molar refractivity (Wildman–Crippen MR) is 149 cm³/mol. The number of imidazole rings is 1. The van der Waals surface area contributed by atoms with Crippen LogP contribution < -0.4 is 11.1 Å². The Morgan fingerprint density at radius 3 is 2.74 bits per heavy atom. The molecular formula is C26H30ClN7O3S. The molecule has 3 N–H and O–H groups in total. The summed E-state index contributed by atoms with van der Waals surface area (Å²) in [5.41, 5.74) is 8.58. The van der Waals surface area contributed by atoms with E-state index in [0.29, 0.717) is 54.2 Å². The molecule has 2 fully saturated rings. The van der Waals surface area contributed by atoms with Gasteiger partial charge in [0.2, 0.25) is 5.91 Å². The summed E-state index contributed by atoms with van der Waals surface area (Å²) >= 11 is 10.8. The van der Waals surface area contributed by atoms with E-state index < -0.39 is 5.91 Å². The van der Waals surface area contributed by atoms with Crippen LogP contribution in [0.5, 0.6) is 0 Å². The maximum atomic E-state index is 12.7. The summed E-state index contributed by atoms with van der Waals surface area (Å²) in [6, 6.07) is 3.91. The summed E-state index contributed by atoms with van der Waals surface area (Å²) in [4.78, 5) is 31.5.